The maximum atomic E-state index is 13.4. The minimum Gasteiger partial charge on any atom is -0.396 e. The van der Waals surface area contributed by atoms with Gasteiger partial charge in [0.25, 0.3) is 5.56 Å². The lowest BCUT2D eigenvalue weighted by Crippen LogP contribution is -2.31. The van der Waals surface area contributed by atoms with Crippen molar-refractivity contribution in [2.75, 3.05) is 18.5 Å². The number of hydrogen-bond donors (Lipinski definition) is 2. The summed E-state index contributed by atoms with van der Waals surface area (Å²) in [6.07, 6.45) is 3.26. The largest absolute Gasteiger partial charge is 0.396 e. The molecule has 0 bridgehead atoms. The average molecular weight is 382 g/mol. The van der Waals surface area contributed by atoms with E-state index in [1.165, 1.54) is 16.7 Å². The molecule has 0 aliphatic carbocycles. The minimum absolute atomic E-state index is 0.00117. The Morgan fingerprint density at radius 1 is 1.11 bits per heavy atom. The Balaban J connectivity index is 2.18. The van der Waals surface area contributed by atoms with Crippen molar-refractivity contribution in [1.29, 1.82) is 0 Å². The molecular weight excluding hydrogens is 359 g/mol. The summed E-state index contributed by atoms with van der Waals surface area (Å²) in [6.45, 7) is 4.26. The Morgan fingerprint density at radius 3 is 2.36 bits per heavy atom. The molecule has 1 aromatic carbocycles. The fraction of sp³-hybridized carbons (Fsp3) is 0.286. The Kier molecular flexibility index (Phi) is 5.56. The molecule has 3 aromatic rings. The van der Waals surface area contributed by atoms with Gasteiger partial charge in [0.05, 0.1) is 11.3 Å². The molecule has 0 fully saturated rings. The third-order valence-electron chi connectivity index (χ3n) is 4.53. The fourth-order valence-electron chi connectivity index (χ4n) is 2.73. The second kappa shape index (κ2) is 7.90. The Hall–Kier alpha value is -3.06. The van der Waals surface area contributed by atoms with Crippen molar-refractivity contribution in [3.63, 3.8) is 0 Å². The zero-order chi connectivity index (χ0) is 20.3. The van der Waals surface area contributed by atoms with Crippen LogP contribution in [0.2, 0.25) is 0 Å². The van der Waals surface area contributed by atoms with E-state index in [1.54, 1.807) is 43.7 Å². The molecular formula is C21H23FN4O2. The molecule has 2 aromatic heterocycles. The van der Waals surface area contributed by atoms with Gasteiger partial charge in [-0.3, -0.25) is 14.3 Å². The van der Waals surface area contributed by atoms with Crippen LogP contribution in [-0.4, -0.2) is 32.8 Å². The number of aliphatic hydroxyl groups is 1. The van der Waals surface area contributed by atoms with Crippen LogP contribution in [0.15, 0.2) is 53.6 Å². The SMILES string of the molecule is Cn1c(NCC(C)(C)CO)nc(-c2ccncc2)c(-c2ccc(F)cc2)c1=O. The van der Waals surface area contributed by atoms with Crippen LogP contribution in [-0.2, 0) is 7.05 Å². The molecule has 0 atom stereocenters. The van der Waals surface area contributed by atoms with E-state index < -0.39 is 0 Å². The third-order valence-corrected chi connectivity index (χ3v) is 4.53. The van der Waals surface area contributed by atoms with Crippen LogP contribution in [0.1, 0.15) is 13.8 Å². The highest BCUT2D eigenvalue weighted by molar-refractivity contribution is 5.80. The van der Waals surface area contributed by atoms with Crippen LogP contribution < -0.4 is 10.9 Å². The highest BCUT2D eigenvalue weighted by Crippen LogP contribution is 2.29. The number of nitrogens with zero attached hydrogens (tertiary/aromatic N) is 3. The molecule has 0 aliphatic heterocycles. The van der Waals surface area contributed by atoms with Crippen molar-refractivity contribution in [1.82, 2.24) is 14.5 Å². The van der Waals surface area contributed by atoms with Gasteiger partial charge in [-0.1, -0.05) is 26.0 Å². The third kappa shape index (κ3) is 4.09. The first-order valence-corrected chi connectivity index (χ1v) is 8.94. The first-order valence-electron chi connectivity index (χ1n) is 8.94. The normalized spacial score (nSPS) is 11.5. The number of halogens is 1. The summed E-state index contributed by atoms with van der Waals surface area (Å²) in [5.74, 6) is 0.0210. The Morgan fingerprint density at radius 2 is 1.75 bits per heavy atom. The molecule has 0 radical (unpaired) electrons. The predicted molar refractivity (Wildman–Crippen MR) is 107 cm³/mol. The second-order valence-corrected chi connectivity index (χ2v) is 7.44. The lowest BCUT2D eigenvalue weighted by atomic mass is 9.95. The lowest BCUT2D eigenvalue weighted by Gasteiger charge is -2.23. The van der Waals surface area contributed by atoms with E-state index in [1.807, 2.05) is 13.8 Å². The van der Waals surface area contributed by atoms with Gasteiger partial charge in [0.2, 0.25) is 5.95 Å². The second-order valence-electron chi connectivity index (χ2n) is 7.44. The predicted octanol–water partition coefficient (Wildman–Crippen LogP) is 3.08. The van der Waals surface area contributed by atoms with Gasteiger partial charge < -0.3 is 10.4 Å². The zero-order valence-electron chi connectivity index (χ0n) is 16.1. The van der Waals surface area contributed by atoms with Crippen LogP contribution in [0.25, 0.3) is 22.4 Å². The van der Waals surface area contributed by atoms with Crippen molar-refractivity contribution in [3.8, 4) is 22.4 Å². The molecule has 0 spiro atoms. The fourth-order valence-corrected chi connectivity index (χ4v) is 2.73. The van der Waals surface area contributed by atoms with Gasteiger partial charge in [0, 0.05) is 43.6 Å². The summed E-state index contributed by atoms with van der Waals surface area (Å²) in [5, 5.41) is 12.6. The van der Waals surface area contributed by atoms with Gasteiger partial charge in [0.1, 0.15) is 5.82 Å². The number of aliphatic hydroxyl groups excluding tert-OH is 1. The average Bonchev–Trinajstić information content (AvgIpc) is 2.70. The summed E-state index contributed by atoms with van der Waals surface area (Å²) in [4.78, 5) is 21.9. The van der Waals surface area contributed by atoms with Gasteiger partial charge in [-0.15, -0.1) is 0 Å². The van der Waals surface area contributed by atoms with Crippen LogP contribution in [0, 0.1) is 11.2 Å². The van der Waals surface area contributed by atoms with Gasteiger partial charge in [0.15, 0.2) is 0 Å². The number of pyridine rings is 1. The quantitative estimate of drug-likeness (QED) is 0.685. The van der Waals surface area contributed by atoms with Crippen molar-refractivity contribution in [2.24, 2.45) is 12.5 Å². The maximum absolute atomic E-state index is 13.4. The van der Waals surface area contributed by atoms with Crippen molar-refractivity contribution in [3.05, 3.63) is 65.0 Å². The summed E-state index contributed by atoms with van der Waals surface area (Å²) >= 11 is 0. The summed E-state index contributed by atoms with van der Waals surface area (Å²) < 4.78 is 14.8. The van der Waals surface area contributed by atoms with Crippen LogP contribution in [0.3, 0.4) is 0 Å². The van der Waals surface area contributed by atoms with E-state index in [2.05, 4.69) is 15.3 Å². The molecule has 146 valence electrons. The van der Waals surface area contributed by atoms with Crippen molar-refractivity contribution in [2.45, 2.75) is 13.8 Å². The van der Waals surface area contributed by atoms with E-state index in [9.17, 15) is 14.3 Å². The topological polar surface area (TPSA) is 80.0 Å². The van der Waals surface area contributed by atoms with Crippen molar-refractivity contribution >= 4 is 5.95 Å². The first-order chi connectivity index (χ1) is 13.3. The lowest BCUT2D eigenvalue weighted by molar-refractivity contribution is 0.170. The van der Waals surface area contributed by atoms with Crippen LogP contribution in [0.5, 0.6) is 0 Å². The van der Waals surface area contributed by atoms with E-state index in [-0.39, 0.29) is 23.4 Å². The molecule has 2 N–H and O–H groups in total. The number of aromatic nitrogens is 3. The molecule has 3 rings (SSSR count). The highest BCUT2D eigenvalue weighted by Gasteiger charge is 2.21. The molecule has 28 heavy (non-hydrogen) atoms. The van der Waals surface area contributed by atoms with Gasteiger partial charge in [-0.2, -0.15) is 0 Å². The molecule has 7 heteroatoms. The van der Waals surface area contributed by atoms with Gasteiger partial charge in [-0.05, 0) is 29.8 Å². The zero-order valence-corrected chi connectivity index (χ0v) is 16.1. The van der Waals surface area contributed by atoms with E-state index >= 15 is 0 Å². The molecule has 0 amide bonds. The Labute approximate surface area is 162 Å². The first kappa shape index (κ1) is 19.7. The van der Waals surface area contributed by atoms with E-state index in [0.717, 1.165) is 5.56 Å². The maximum Gasteiger partial charge on any atom is 0.263 e. The van der Waals surface area contributed by atoms with Gasteiger partial charge in [-0.25, -0.2) is 9.37 Å². The van der Waals surface area contributed by atoms with Crippen LogP contribution >= 0.6 is 0 Å². The monoisotopic (exact) mass is 382 g/mol. The number of hydrogen-bond acceptors (Lipinski definition) is 5. The molecule has 0 aliphatic rings. The number of nitrogens with one attached hydrogen (secondary N) is 1. The highest BCUT2D eigenvalue weighted by atomic mass is 19.1. The molecule has 0 unspecified atom stereocenters. The van der Waals surface area contributed by atoms with Gasteiger partial charge >= 0.3 is 0 Å². The number of anilines is 1. The Bertz CT molecular complexity index is 1020. The summed E-state index contributed by atoms with van der Waals surface area (Å²) in [7, 11) is 1.63. The summed E-state index contributed by atoms with van der Waals surface area (Å²) in [6, 6.07) is 9.33. The molecule has 0 saturated carbocycles. The standard InChI is InChI=1S/C21H23FN4O2/c1-21(2,13-27)12-24-20-25-18(15-8-10-23-11-9-15)17(19(28)26(20)3)14-4-6-16(22)7-5-14/h4-11,27H,12-13H2,1-3H3,(H,24,25). The number of rotatable bonds is 6. The minimum atomic E-state index is -0.372. The smallest absolute Gasteiger partial charge is 0.263 e. The molecule has 6 nitrogen and oxygen atoms in total. The molecule has 2 heterocycles. The van der Waals surface area contributed by atoms with E-state index in [0.29, 0.717) is 29.3 Å². The molecule has 0 saturated heterocycles. The van der Waals surface area contributed by atoms with Crippen molar-refractivity contribution < 1.29 is 9.50 Å². The summed E-state index contributed by atoms with van der Waals surface area (Å²) in [5.41, 5.74) is 1.57. The van der Waals surface area contributed by atoms with E-state index in [4.69, 9.17) is 0 Å². The number of benzene rings is 1. The van der Waals surface area contributed by atoms with Crippen LogP contribution in [0.4, 0.5) is 10.3 Å².